The topological polar surface area (TPSA) is 9.23 Å². The Morgan fingerprint density at radius 3 is 1.62 bits per heavy atom. The van der Waals surface area contributed by atoms with Crippen LogP contribution in [0.2, 0.25) is 58.9 Å². The van der Waals surface area contributed by atoms with Gasteiger partial charge in [-0.2, -0.15) is 0 Å². The molecule has 0 atom stereocenters. The van der Waals surface area contributed by atoms with Crippen molar-refractivity contribution in [1.82, 2.24) is 0 Å². The number of rotatable bonds is 8. The van der Waals surface area contributed by atoms with Crippen molar-refractivity contribution < 1.29 is 4.74 Å². The molecule has 0 fully saturated rings. The van der Waals surface area contributed by atoms with E-state index in [1.54, 1.807) is 0 Å². The number of hydrogen-bond donors (Lipinski definition) is 0. The Bertz CT molecular complexity index is 497. The highest BCUT2D eigenvalue weighted by Crippen LogP contribution is 2.37. The second kappa shape index (κ2) is 7.99. The molecule has 0 aromatic heterocycles. The van der Waals surface area contributed by atoms with E-state index in [1.807, 2.05) is 0 Å². The molecule has 0 radical (unpaired) electrons. The monoisotopic (exact) mass is 394 g/mol. The number of hydrogen-bond acceptors (Lipinski definition) is 1. The largest absolute Gasteiger partial charge is 0.373 e. The minimum Gasteiger partial charge on any atom is -0.373 e. The molecule has 5 heteroatoms. The fourth-order valence-electron chi connectivity index (χ4n) is 5.17. The van der Waals surface area contributed by atoms with Crippen LogP contribution in [0.5, 0.6) is 0 Å². The summed E-state index contributed by atoms with van der Waals surface area (Å²) < 4.78 is 5.93. The summed E-state index contributed by atoms with van der Waals surface area (Å²) in [7, 11) is -3.64. The Balaban J connectivity index is 2.93. The zero-order valence-corrected chi connectivity index (χ0v) is 21.4. The second-order valence-corrected chi connectivity index (χ2v) is 50.5. The zero-order valence-electron chi connectivity index (χ0n) is 17.4. The lowest BCUT2D eigenvalue weighted by Crippen LogP contribution is -2.81. The molecule has 1 rings (SSSR count). The van der Waals surface area contributed by atoms with Crippen LogP contribution in [0.4, 0.5) is 0 Å². The summed E-state index contributed by atoms with van der Waals surface area (Å²) in [4.78, 5) is 0. The van der Waals surface area contributed by atoms with Gasteiger partial charge in [0.1, 0.15) is 0 Å². The lowest BCUT2D eigenvalue weighted by Gasteiger charge is -2.55. The summed E-state index contributed by atoms with van der Waals surface area (Å²) in [5, 5.41) is 0. The lowest BCUT2D eigenvalue weighted by atomic mass is 10.2. The Morgan fingerprint density at radius 2 is 1.21 bits per heavy atom. The van der Waals surface area contributed by atoms with Gasteiger partial charge >= 0.3 is 0 Å². The second-order valence-electron chi connectivity index (χ2n) is 9.96. The van der Waals surface area contributed by atoms with Crippen molar-refractivity contribution >= 4 is 29.4 Å². The van der Waals surface area contributed by atoms with Crippen molar-refractivity contribution in [2.45, 2.75) is 65.5 Å². The highest BCUT2D eigenvalue weighted by Gasteiger charge is 2.59. The average molecular weight is 395 g/mol. The van der Waals surface area contributed by atoms with E-state index >= 15 is 0 Å². The van der Waals surface area contributed by atoms with Gasteiger partial charge < -0.3 is 4.74 Å². The van der Waals surface area contributed by atoms with Crippen molar-refractivity contribution in [2.75, 3.05) is 6.61 Å². The number of ether oxygens (including phenoxy) is 1. The standard InChI is InChI=1S/C19H38OSi4/c1-21(2,3)24(22(4,5)6,23(7,8)9)17-13-16-20-18-19-14-11-10-12-15-19/h10-15,17H,16,18H2,1-9H3/b17-13-. The fraction of sp³-hybridized carbons (Fsp3) is 0.579. The van der Waals surface area contributed by atoms with E-state index in [-0.39, 0.29) is 0 Å². The first-order valence-electron chi connectivity index (χ1n) is 9.12. The first-order valence-corrected chi connectivity index (χ1v) is 24.7. The van der Waals surface area contributed by atoms with Crippen LogP contribution in [0.15, 0.2) is 42.1 Å². The van der Waals surface area contributed by atoms with Crippen LogP contribution in [0.25, 0.3) is 0 Å². The van der Waals surface area contributed by atoms with Crippen molar-refractivity contribution in [2.24, 2.45) is 0 Å². The van der Waals surface area contributed by atoms with Crippen LogP contribution in [0, 0.1) is 0 Å². The van der Waals surface area contributed by atoms with E-state index in [9.17, 15) is 0 Å². The van der Waals surface area contributed by atoms with Gasteiger partial charge in [-0.05, 0) is 5.56 Å². The minimum atomic E-state index is -1.37. The Hall–Kier alpha value is -0.212. The minimum absolute atomic E-state index is 0.715. The summed E-state index contributed by atoms with van der Waals surface area (Å²) in [5.74, 6) is 0. The maximum atomic E-state index is 5.93. The molecule has 0 unspecified atom stereocenters. The fourth-order valence-corrected chi connectivity index (χ4v) is 100. The average Bonchev–Trinajstić information content (AvgIpc) is 2.39. The molecule has 0 saturated heterocycles. The Labute approximate surface area is 153 Å². The van der Waals surface area contributed by atoms with Crippen LogP contribution in [0.3, 0.4) is 0 Å². The van der Waals surface area contributed by atoms with E-state index in [0.29, 0.717) is 6.61 Å². The van der Waals surface area contributed by atoms with Gasteiger partial charge in [-0.1, -0.05) is 95.3 Å². The first kappa shape index (κ1) is 21.8. The molecule has 0 bridgehead atoms. The molecule has 0 spiro atoms. The van der Waals surface area contributed by atoms with Crippen LogP contribution in [-0.4, -0.2) is 36.0 Å². The third-order valence-electron chi connectivity index (χ3n) is 5.24. The van der Waals surface area contributed by atoms with Crippen molar-refractivity contribution in [3.8, 4) is 0 Å². The SMILES string of the molecule is C[Si](C)(C)[Si](/C=C\COCc1ccccc1)([Si](C)(C)C)[Si](C)(C)C. The van der Waals surface area contributed by atoms with Crippen molar-refractivity contribution in [1.29, 1.82) is 0 Å². The molecule has 0 heterocycles. The maximum Gasteiger partial charge on any atom is 0.0721 e. The zero-order chi connectivity index (χ0) is 18.6. The number of benzene rings is 1. The molecule has 0 aliphatic heterocycles. The van der Waals surface area contributed by atoms with E-state index in [1.165, 1.54) is 5.56 Å². The van der Waals surface area contributed by atoms with Gasteiger partial charge in [0, 0.05) is 22.8 Å². The molecule has 136 valence electrons. The molecule has 24 heavy (non-hydrogen) atoms. The Kier molecular flexibility index (Phi) is 7.27. The lowest BCUT2D eigenvalue weighted by molar-refractivity contribution is 0.149. The molecule has 0 saturated carbocycles. The molecule has 1 aromatic carbocycles. The smallest absolute Gasteiger partial charge is 0.0721 e. The van der Waals surface area contributed by atoms with Crippen LogP contribution < -0.4 is 0 Å². The molecule has 1 nitrogen and oxygen atoms in total. The quantitative estimate of drug-likeness (QED) is 0.388. The van der Waals surface area contributed by atoms with Crippen LogP contribution in [0.1, 0.15) is 5.56 Å². The van der Waals surface area contributed by atoms with Gasteiger partial charge in [-0.25, -0.2) is 0 Å². The van der Waals surface area contributed by atoms with Gasteiger partial charge in [-0.3, -0.25) is 0 Å². The predicted molar refractivity (Wildman–Crippen MR) is 121 cm³/mol. The molecule has 0 aliphatic carbocycles. The third-order valence-corrected chi connectivity index (χ3v) is 76.4. The van der Waals surface area contributed by atoms with Crippen LogP contribution in [-0.2, 0) is 11.3 Å². The summed E-state index contributed by atoms with van der Waals surface area (Å²) in [6, 6.07) is 10.5. The van der Waals surface area contributed by atoms with E-state index in [4.69, 9.17) is 4.74 Å². The molecule has 0 amide bonds. The van der Waals surface area contributed by atoms with E-state index in [0.717, 1.165) is 6.61 Å². The van der Waals surface area contributed by atoms with E-state index < -0.39 is 29.4 Å². The first-order chi connectivity index (χ1) is 10.8. The summed E-state index contributed by atoms with van der Waals surface area (Å²) in [5.41, 5.74) is 4.01. The predicted octanol–water partition coefficient (Wildman–Crippen LogP) is 6.00. The molecule has 0 aliphatic rings. The van der Waals surface area contributed by atoms with Gasteiger partial charge in [0.05, 0.1) is 19.8 Å². The molecule has 1 aromatic rings. The Morgan fingerprint density at radius 1 is 0.750 bits per heavy atom. The summed E-state index contributed by atoms with van der Waals surface area (Å²) in [6.45, 7) is 23.8. The van der Waals surface area contributed by atoms with Gasteiger partial charge in [0.15, 0.2) is 0 Å². The normalized spacial score (nSPS) is 14.4. The van der Waals surface area contributed by atoms with Crippen molar-refractivity contribution in [3.63, 3.8) is 0 Å². The van der Waals surface area contributed by atoms with Gasteiger partial charge in [0.2, 0.25) is 0 Å². The summed E-state index contributed by atoms with van der Waals surface area (Å²) >= 11 is 0. The van der Waals surface area contributed by atoms with Gasteiger partial charge in [-0.15, -0.1) is 5.70 Å². The van der Waals surface area contributed by atoms with Crippen molar-refractivity contribution in [3.05, 3.63) is 47.7 Å². The maximum absolute atomic E-state index is 5.93. The van der Waals surface area contributed by atoms with Gasteiger partial charge in [0.25, 0.3) is 0 Å². The molecular formula is C19H38OSi4. The molecule has 0 N–H and O–H groups in total. The molecular weight excluding hydrogens is 357 g/mol. The van der Waals surface area contributed by atoms with E-state index in [2.05, 4.69) is 101 Å². The highest BCUT2D eigenvalue weighted by atomic mass is 29.9. The third kappa shape index (κ3) is 4.91. The highest BCUT2D eigenvalue weighted by molar-refractivity contribution is 7.90. The van der Waals surface area contributed by atoms with Crippen LogP contribution >= 0.6 is 0 Å². The summed E-state index contributed by atoms with van der Waals surface area (Å²) in [6.07, 6.45) is 2.39.